The van der Waals surface area contributed by atoms with E-state index in [1.165, 1.54) is 0 Å². The molecule has 1 aromatic carbocycles. The van der Waals surface area contributed by atoms with E-state index < -0.39 is 5.83 Å². The molecule has 4 heteroatoms. The number of aromatic nitrogens is 2. The Kier molecular flexibility index (Phi) is 3.00. The highest BCUT2D eigenvalue weighted by molar-refractivity contribution is 5.35. The second-order valence-corrected chi connectivity index (χ2v) is 3.39. The van der Waals surface area contributed by atoms with E-state index in [9.17, 15) is 4.39 Å². The predicted molar refractivity (Wildman–Crippen MR) is 59.1 cm³/mol. The number of halogens is 1. The number of rotatable bonds is 3. The van der Waals surface area contributed by atoms with Gasteiger partial charge in [-0.3, -0.25) is 0 Å². The fourth-order valence-electron chi connectivity index (χ4n) is 1.44. The fourth-order valence-corrected chi connectivity index (χ4v) is 1.44. The highest BCUT2D eigenvalue weighted by atomic mass is 19.1. The Hall–Kier alpha value is -2.10. The van der Waals surface area contributed by atoms with Crippen molar-refractivity contribution in [2.45, 2.75) is 6.42 Å². The molecule has 0 radical (unpaired) electrons. The summed E-state index contributed by atoms with van der Waals surface area (Å²) in [7, 11) is 0. The Bertz CT molecular complexity index is 474. The molecule has 0 aliphatic heterocycles. The lowest BCUT2D eigenvalue weighted by Crippen LogP contribution is -1.91. The summed E-state index contributed by atoms with van der Waals surface area (Å²) in [6.45, 7) is 0. The number of imidazole rings is 1. The molecule has 0 saturated carbocycles. The number of aliphatic hydroxyl groups excluding tert-OH is 1. The van der Waals surface area contributed by atoms with Gasteiger partial charge in [0.15, 0.2) is 0 Å². The molecule has 0 spiro atoms. The SMILES string of the molecule is O/C=C(\F)Cc1ccc(-n2ccnc2)cc1. The van der Waals surface area contributed by atoms with Crippen molar-refractivity contribution >= 4 is 0 Å². The molecule has 0 fully saturated rings. The summed E-state index contributed by atoms with van der Waals surface area (Å²) >= 11 is 0. The molecule has 0 saturated heterocycles. The van der Waals surface area contributed by atoms with Crippen LogP contribution in [0.4, 0.5) is 4.39 Å². The molecule has 0 bridgehead atoms. The van der Waals surface area contributed by atoms with Crippen molar-refractivity contribution in [1.29, 1.82) is 0 Å². The summed E-state index contributed by atoms with van der Waals surface area (Å²) in [6.07, 6.45) is 5.83. The fraction of sp³-hybridized carbons (Fsp3) is 0.0833. The first kappa shape index (κ1) is 10.4. The van der Waals surface area contributed by atoms with Crippen molar-refractivity contribution in [3.05, 3.63) is 60.6 Å². The van der Waals surface area contributed by atoms with E-state index in [1.54, 1.807) is 12.5 Å². The molecule has 82 valence electrons. The van der Waals surface area contributed by atoms with E-state index in [4.69, 9.17) is 5.11 Å². The van der Waals surface area contributed by atoms with Crippen LogP contribution in [0.1, 0.15) is 5.56 Å². The molecule has 0 amide bonds. The van der Waals surface area contributed by atoms with E-state index in [0.717, 1.165) is 11.3 Å². The Morgan fingerprint density at radius 3 is 2.69 bits per heavy atom. The van der Waals surface area contributed by atoms with Gasteiger partial charge in [-0.1, -0.05) is 12.1 Å². The van der Waals surface area contributed by atoms with Crippen LogP contribution >= 0.6 is 0 Å². The van der Waals surface area contributed by atoms with E-state index in [1.807, 2.05) is 35.0 Å². The highest BCUT2D eigenvalue weighted by Crippen LogP contribution is 2.12. The van der Waals surface area contributed by atoms with Crippen LogP contribution in [-0.2, 0) is 6.42 Å². The van der Waals surface area contributed by atoms with Gasteiger partial charge in [0.25, 0.3) is 0 Å². The molecule has 3 nitrogen and oxygen atoms in total. The molecule has 0 unspecified atom stereocenters. The minimum atomic E-state index is -0.546. The van der Waals surface area contributed by atoms with Gasteiger partial charge in [0.1, 0.15) is 12.1 Å². The molecule has 0 aliphatic carbocycles. The van der Waals surface area contributed by atoms with Gasteiger partial charge in [0.2, 0.25) is 0 Å². The van der Waals surface area contributed by atoms with Gasteiger partial charge in [0.05, 0.1) is 6.33 Å². The molecule has 0 aliphatic rings. The molecule has 2 rings (SSSR count). The number of allylic oxidation sites excluding steroid dienone is 1. The number of nitrogens with zero attached hydrogens (tertiary/aromatic N) is 2. The zero-order chi connectivity index (χ0) is 11.4. The zero-order valence-corrected chi connectivity index (χ0v) is 8.55. The van der Waals surface area contributed by atoms with E-state index in [0.29, 0.717) is 6.26 Å². The van der Waals surface area contributed by atoms with Crippen LogP contribution in [-0.4, -0.2) is 14.7 Å². The van der Waals surface area contributed by atoms with Gasteiger partial charge in [-0.15, -0.1) is 0 Å². The summed E-state index contributed by atoms with van der Waals surface area (Å²) < 4.78 is 14.7. The van der Waals surface area contributed by atoms with Crippen LogP contribution in [0, 0.1) is 0 Å². The Morgan fingerprint density at radius 2 is 2.12 bits per heavy atom. The summed E-state index contributed by atoms with van der Waals surface area (Å²) in [5, 5.41) is 8.45. The third-order valence-corrected chi connectivity index (χ3v) is 2.25. The molecule has 1 aromatic heterocycles. The van der Waals surface area contributed by atoms with E-state index >= 15 is 0 Å². The first-order chi connectivity index (χ1) is 7.79. The van der Waals surface area contributed by atoms with Gasteiger partial charge in [0, 0.05) is 24.5 Å². The molecule has 0 atom stereocenters. The summed E-state index contributed by atoms with van der Waals surface area (Å²) in [5.74, 6) is -0.546. The maximum atomic E-state index is 12.8. The molecule has 16 heavy (non-hydrogen) atoms. The first-order valence-corrected chi connectivity index (χ1v) is 4.85. The van der Waals surface area contributed by atoms with Crippen molar-refractivity contribution < 1.29 is 9.50 Å². The van der Waals surface area contributed by atoms with Crippen LogP contribution in [0.3, 0.4) is 0 Å². The molecule has 1 N–H and O–H groups in total. The second kappa shape index (κ2) is 4.61. The summed E-state index contributed by atoms with van der Waals surface area (Å²) in [6, 6.07) is 7.39. The molecular weight excluding hydrogens is 207 g/mol. The minimum Gasteiger partial charge on any atom is -0.513 e. The van der Waals surface area contributed by atoms with Crippen LogP contribution in [0.2, 0.25) is 0 Å². The highest BCUT2D eigenvalue weighted by Gasteiger charge is 1.99. The average Bonchev–Trinajstić information content (AvgIpc) is 2.83. The Balaban J connectivity index is 2.17. The number of hydrogen-bond donors (Lipinski definition) is 1. The van der Waals surface area contributed by atoms with Crippen LogP contribution in [0.5, 0.6) is 0 Å². The van der Waals surface area contributed by atoms with Gasteiger partial charge in [-0.25, -0.2) is 9.37 Å². The van der Waals surface area contributed by atoms with Crippen LogP contribution < -0.4 is 0 Å². The van der Waals surface area contributed by atoms with Crippen LogP contribution in [0.25, 0.3) is 5.69 Å². The Labute approximate surface area is 92.5 Å². The maximum absolute atomic E-state index is 12.8. The number of hydrogen-bond acceptors (Lipinski definition) is 2. The van der Waals surface area contributed by atoms with Crippen molar-refractivity contribution in [2.24, 2.45) is 0 Å². The Morgan fingerprint density at radius 1 is 1.38 bits per heavy atom. The minimum absolute atomic E-state index is 0.112. The first-order valence-electron chi connectivity index (χ1n) is 4.85. The summed E-state index contributed by atoms with van der Waals surface area (Å²) in [5.41, 5.74) is 1.78. The van der Waals surface area contributed by atoms with Crippen molar-refractivity contribution in [1.82, 2.24) is 9.55 Å². The van der Waals surface area contributed by atoms with Gasteiger partial charge in [-0.05, 0) is 17.7 Å². The van der Waals surface area contributed by atoms with E-state index in [-0.39, 0.29) is 6.42 Å². The van der Waals surface area contributed by atoms with Crippen molar-refractivity contribution in [3.63, 3.8) is 0 Å². The smallest absolute Gasteiger partial charge is 0.138 e. The lowest BCUT2D eigenvalue weighted by atomic mass is 10.1. The van der Waals surface area contributed by atoms with Gasteiger partial charge < -0.3 is 9.67 Å². The van der Waals surface area contributed by atoms with Crippen molar-refractivity contribution in [3.8, 4) is 5.69 Å². The molecule has 2 aromatic rings. The second-order valence-electron chi connectivity index (χ2n) is 3.39. The standard InChI is InChI=1S/C12H11FN2O/c13-11(8-16)7-10-1-3-12(4-2-10)15-6-5-14-9-15/h1-6,8-9,16H,7H2/b11-8-. The lowest BCUT2D eigenvalue weighted by Gasteiger charge is -2.03. The molecular formula is C12H11FN2O. The van der Waals surface area contributed by atoms with Crippen molar-refractivity contribution in [2.75, 3.05) is 0 Å². The lowest BCUT2D eigenvalue weighted by molar-refractivity contribution is 0.435. The van der Waals surface area contributed by atoms with Gasteiger partial charge in [-0.2, -0.15) is 0 Å². The number of benzene rings is 1. The third-order valence-electron chi connectivity index (χ3n) is 2.25. The third kappa shape index (κ3) is 2.28. The predicted octanol–water partition coefficient (Wildman–Crippen LogP) is 2.78. The zero-order valence-electron chi connectivity index (χ0n) is 8.55. The maximum Gasteiger partial charge on any atom is 0.138 e. The average molecular weight is 218 g/mol. The van der Waals surface area contributed by atoms with E-state index in [2.05, 4.69) is 4.98 Å². The quantitative estimate of drug-likeness (QED) is 0.804. The van der Waals surface area contributed by atoms with Crippen LogP contribution in [0.15, 0.2) is 55.1 Å². The topological polar surface area (TPSA) is 38.0 Å². The number of aliphatic hydroxyl groups is 1. The monoisotopic (exact) mass is 218 g/mol. The largest absolute Gasteiger partial charge is 0.513 e. The summed E-state index contributed by atoms with van der Waals surface area (Å²) in [4.78, 5) is 3.94. The normalized spacial score (nSPS) is 11.7. The van der Waals surface area contributed by atoms with Gasteiger partial charge >= 0.3 is 0 Å². The molecule has 1 heterocycles.